The van der Waals surface area contributed by atoms with Crippen LogP contribution in [0.3, 0.4) is 0 Å². The summed E-state index contributed by atoms with van der Waals surface area (Å²) < 4.78 is 12.5. The molecule has 0 aliphatic carbocycles. The molecule has 4 rings (SSSR count). The van der Waals surface area contributed by atoms with E-state index in [1.165, 1.54) is 0 Å². The van der Waals surface area contributed by atoms with Gasteiger partial charge in [0.05, 0.1) is 5.56 Å². The smallest absolute Gasteiger partial charge is 0.177 e. The van der Waals surface area contributed by atoms with Crippen molar-refractivity contribution in [3.05, 3.63) is 114 Å². The average molecular weight is 396 g/mol. The molecule has 0 spiro atoms. The molecule has 0 atom stereocenters. The number of hydrogen-bond acceptors (Lipinski definition) is 3. The van der Waals surface area contributed by atoms with Crippen molar-refractivity contribution in [2.75, 3.05) is 0 Å². The lowest BCUT2D eigenvalue weighted by Gasteiger charge is -2.30. The zero-order valence-electron chi connectivity index (χ0n) is 17.1. The predicted molar refractivity (Wildman–Crippen MR) is 120 cm³/mol. The molecule has 4 aromatic rings. The molecule has 1 N–H and O–H groups in total. The molecule has 0 saturated heterocycles. The van der Waals surface area contributed by atoms with E-state index in [0.29, 0.717) is 28.6 Å². The zero-order chi connectivity index (χ0) is 21.0. The average Bonchev–Trinajstić information content (AvgIpc) is 2.77. The first-order valence-electron chi connectivity index (χ1n) is 9.93. The number of aromatic hydroxyl groups is 1. The molecule has 150 valence electrons. The molecule has 30 heavy (non-hydrogen) atoms. The maximum Gasteiger partial charge on any atom is 0.177 e. The fraction of sp³-hybridized carbons (Fsp3) is 0.111. The molecular formula is C27H24O3. The minimum atomic E-state index is -0.522. The third-order valence-electron chi connectivity index (χ3n) is 5.15. The first kappa shape index (κ1) is 19.6. The van der Waals surface area contributed by atoms with E-state index >= 15 is 0 Å². The Kier molecular flexibility index (Phi) is 5.44. The SMILES string of the molecule is CC(C)(c1ccccc1)c1c(O)ccc(Oc2ccccc2)c1Oc1ccccc1. The maximum absolute atomic E-state index is 10.9. The second-order valence-corrected chi connectivity index (χ2v) is 7.61. The van der Waals surface area contributed by atoms with Gasteiger partial charge in [0.1, 0.15) is 17.2 Å². The molecule has 0 bridgehead atoms. The van der Waals surface area contributed by atoms with Crippen molar-refractivity contribution in [2.24, 2.45) is 0 Å². The van der Waals surface area contributed by atoms with Crippen LogP contribution in [0.5, 0.6) is 28.7 Å². The van der Waals surface area contributed by atoms with Crippen molar-refractivity contribution in [1.82, 2.24) is 0 Å². The van der Waals surface area contributed by atoms with Crippen LogP contribution in [0.25, 0.3) is 0 Å². The van der Waals surface area contributed by atoms with Gasteiger partial charge in [-0.25, -0.2) is 0 Å². The number of benzene rings is 4. The van der Waals surface area contributed by atoms with E-state index < -0.39 is 5.41 Å². The van der Waals surface area contributed by atoms with Gasteiger partial charge in [-0.3, -0.25) is 0 Å². The summed E-state index contributed by atoms with van der Waals surface area (Å²) in [6.07, 6.45) is 0. The molecule has 0 heterocycles. The van der Waals surface area contributed by atoms with E-state index in [2.05, 4.69) is 26.0 Å². The molecule has 0 saturated carbocycles. The highest BCUT2D eigenvalue weighted by atomic mass is 16.5. The van der Waals surface area contributed by atoms with Crippen LogP contribution in [0.4, 0.5) is 0 Å². The Bertz CT molecular complexity index is 1100. The largest absolute Gasteiger partial charge is 0.507 e. The summed E-state index contributed by atoms with van der Waals surface area (Å²) in [5, 5.41) is 10.9. The van der Waals surface area contributed by atoms with Gasteiger partial charge in [-0.15, -0.1) is 0 Å². The van der Waals surface area contributed by atoms with Gasteiger partial charge in [0, 0.05) is 5.41 Å². The van der Waals surface area contributed by atoms with Crippen molar-refractivity contribution >= 4 is 0 Å². The number of phenols is 1. The number of para-hydroxylation sites is 2. The summed E-state index contributed by atoms with van der Waals surface area (Å²) in [7, 11) is 0. The van der Waals surface area contributed by atoms with Crippen molar-refractivity contribution in [3.63, 3.8) is 0 Å². The van der Waals surface area contributed by atoms with Gasteiger partial charge in [0.15, 0.2) is 11.5 Å². The summed E-state index contributed by atoms with van der Waals surface area (Å²) in [5.74, 6) is 2.58. The Hall–Kier alpha value is -3.72. The van der Waals surface area contributed by atoms with Gasteiger partial charge in [-0.2, -0.15) is 0 Å². The van der Waals surface area contributed by atoms with Gasteiger partial charge in [-0.05, 0) is 42.0 Å². The number of phenolic OH excluding ortho intramolecular Hbond substituents is 1. The van der Waals surface area contributed by atoms with Crippen LogP contribution in [0.2, 0.25) is 0 Å². The standard InChI is InChI=1S/C27H24O3/c1-27(2,20-12-6-3-7-13-20)25-23(28)18-19-24(29-21-14-8-4-9-15-21)26(25)30-22-16-10-5-11-17-22/h3-19,28H,1-2H3. The molecule has 0 aliphatic heterocycles. The third kappa shape index (κ3) is 4.01. The van der Waals surface area contributed by atoms with Gasteiger partial charge >= 0.3 is 0 Å². The minimum absolute atomic E-state index is 0.162. The van der Waals surface area contributed by atoms with E-state index in [9.17, 15) is 5.11 Å². The lowest BCUT2D eigenvalue weighted by molar-refractivity contribution is 0.391. The fourth-order valence-electron chi connectivity index (χ4n) is 3.56. The first-order valence-corrected chi connectivity index (χ1v) is 9.93. The molecule has 0 aliphatic rings. The second kappa shape index (κ2) is 8.34. The summed E-state index contributed by atoms with van der Waals surface area (Å²) in [4.78, 5) is 0. The molecule has 0 amide bonds. The Morgan fingerprint density at radius 3 is 1.67 bits per heavy atom. The van der Waals surface area contributed by atoms with Crippen molar-refractivity contribution in [1.29, 1.82) is 0 Å². The summed E-state index contributed by atoms with van der Waals surface area (Å²) >= 11 is 0. The van der Waals surface area contributed by atoms with Crippen molar-refractivity contribution in [2.45, 2.75) is 19.3 Å². The van der Waals surface area contributed by atoms with Crippen LogP contribution in [0.15, 0.2) is 103 Å². The lowest BCUT2D eigenvalue weighted by atomic mass is 9.77. The van der Waals surface area contributed by atoms with Crippen LogP contribution in [0, 0.1) is 0 Å². The van der Waals surface area contributed by atoms with E-state index in [0.717, 1.165) is 5.56 Å². The highest BCUT2D eigenvalue weighted by Crippen LogP contribution is 2.49. The highest BCUT2D eigenvalue weighted by molar-refractivity contribution is 5.61. The molecule has 0 fully saturated rings. The second-order valence-electron chi connectivity index (χ2n) is 7.61. The summed E-state index contributed by atoms with van der Waals surface area (Å²) in [5.41, 5.74) is 1.21. The minimum Gasteiger partial charge on any atom is -0.507 e. The van der Waals surface area contributed by atoms with Gasteiger partial charge in [0.2, 0.25) is 0 Å². The van der Waals surface area contributed by atoms with E-state index in [4.69, 9.17) is 9.47 Å². The van der Waals surface area contributed by atoms with E-state index in [-0.39, 0.29) is 5.75 Å². The normalized spacial score (nSPS) is 11.1. The Morgan fingerprint density at radius 2 is 1.10 bits per heavy atom. The quantitative estimate of drug-likeness (QED) is 0.371. The number of rotatable bonds is 6. The predicted octanol–water partition coefficient (Wildman–Crippen LogP) is 7.30. The van der Waals surface area contributed by atoms with Crippen LogP contribution >= 0.6 is 0 Å². The summed E-state index contributed by atoms with van der Waals surface area (Å²) in [6, 6.07) is 32.6. The molecule has 3 nitrogen and oxygen atoms in total. The molecule has 3 heteroatoms. The fourth-order valence-corrected chi connectivity index (χ4v) is 3.56. The third-order valence-corrected chi connectivity index (χ3v) is 5.15. The maximum atomic E-state index is 10.9. The number of ether oxygens (including phenoxy) is 2. The topological polar surface area (TPSA) is 38.7 Å². The number of hydrogen-bond donors (Lipinski definition) is 1. The molecule has 4 aromatic carbocycles. The monoisotopic (exact) mass is 396 g/mol. The van der Waals surface area contributed by atoms with Gasteiger partial charge in [0.25, 0.3) is 0 Å². The molecule has 0 unspecified atom stereocenters. The van der Waals surface area contributed by atoms with Crippen LogP contribution < -0.4 is 9.47 Å². The van der Waals surface area contributed by atoms with E-state index in [1.807, 2.05) is 78.9 Å². The van der Waals surface area contributed by atoms with Crippen LogP contribution in [0.1, 0.15) is 25.0 Å². The van der Waals surface area contributed by atoms with Crippen LogP contribution in [-0.4, -0.2) is 5.11 Å². The Labute approximate surface area is 177 Å². The van der Waals surface area contributed by atoms with E-state index in [1.54, 1.807) is 12.1 Å². The highest BCUT2D eigenvalue weighted by Gasteiger charge is 2.32. The van der Waals surface area contributed by atoms with Crippen LogP contribution in [-0.2, 0) is 5.41 Å². The van der Waals surface area contributed by atoms with Crippen molar-refractivity contribution < 1.29 is 14.6 Å². The Morgan fingerprint density at radius 1 is 0.600 bits per heavy atom. The zero-order valence-corrected chi connectivity index (χ0v) is 17.1. The lowest BCUT2D eigenvalue weighted by Crippen LogP contribution is -2.20. The Balaban J connectivity index is 1.88. The molecular weight excluding hydrogens is 372 g/mol. The van der Waals surface area contributed by atoms with Gasteiger partial charge < -0.3 is 14.6 Å². The van der Waals surface area contributed by atoms with Crippen molar-refractivity contribution in [3.8, 4) is 28.7 Å². The molecule has 0 radical (unpaired) electrons. The summed E-state index contributed by atoms with van der Waals surface area (Å²) in [6.45, 7) is 4.14. The molecule has 0 aromatic heterocycles. The van der Waals surface area contributed by atoms with Gasteiger partial charge in [-0.1, -0.05) is 80.6 Å². The first-order chi connectivity index (χ1) is 14.6.